The number of morpholine rings is 1. The molecule has 1 saturated heterocycles. The molecule has 1 aliphatic heterocycles. The van der Waals surface area contributed by atoms with E-state index < -0.39 is 5.91 Å². The van der Waals surface area contributed by atoms with Crippen LogP contribution in [0.15, 0.2) is 48.5 Å². The highest BCUT2D eigenvalue weighted by Crippen LogP contribution is 2.32. The van der Waals surface area contributed by atoms with E-state index in [1.54, 1.807) is 37.4 Å². The molecule has 0 unspecified atom stereocenters. The minimum absolute atomic E-state index is 0.207. The molecule has 5 rings (SSSR count). The van der Waals surface area contributed by atoms with Gasteiger partial charge in [-0.15, -0.1) is 0 Å². The molecule has 2 aromatic carbocycles. The topological polar surface area (TPSA) is 116 Å². The number of amides is 1. The van der Waals surface area contributed by atoms with Gasteiger partial charge in [0, 0.05) is 29.9 Å². The number of aromatic nitrogens is 3. The number of carbonyl (C=O) groups excluding carboxylic acids is 1. The molecule has 0 aliphatic carbocycles. The molecule has 10 heteroatoms. The van der Waals surface area contributed by atoms with Crippen molar-refractivity contribution in [3.63, 3.8) is 0 Å². The molecular formula is C25H21ClN6O3. The minimum atomic E-state index is -0.502. The molecule has 4 aromatic rings. The van der Waals surface area contributed by atoms with Crippen LogP contribution in [0.25, 0.3) is 22.4 Å². The fraction of sp³-hybridized carbons (Fsp3) is 0.200. The zero-order valence-corrected chi connectivity index (χ0v) is 19.6. The molecule has 0 atom stereocenters. The predicted molar refractivity (Wildman–Crippen MR) is 132 cm³/mol. The maximum Gasteiger partial charge on any atom is 0.301 e. The Hall–Kier alpha value is -4.13. The molecule has 0 saturated carbocycles. The highest BCUT2D eigenvalue weighted by atomic mass is 35.5. The Morgan fingerprint density at radius 1 is 1.17 bits per heavy atom. The summed E-state index contributed by atoms with van der Waals surface area (Å²) in [6.45, 7) is 4.97. The Labute approximate surface area is 206 Å². The molecule has 1 amide bonds. The van der Waals surface area contributed by atoms with Crippen LogP contribution < -0.4 is 15.0 Å². The monoisotopic (exact) mass is 488 g/mol. The predicted octanol–water partition coefficient (Wildman–Crippen LogP) is 4.43. The lowest BCUT2D eigenvalue weighted by atomic mass is 10.1. The van der Waals surface area contributed by atoms with Crippen molar-refractivity contribution in [3.05, 3.63) is 64.7 Å². The largest absolute Gasteiger partial charge is 0.426 e. The van der Waals surface area contributed by atoms with E-state index >= 15 is 0 Å². The number of nitriles is 1. The van der Waals surface area contributed by atoms with Crippen LogP contribution in [0, 0.1) is 18.4 Å². The van der Waals surface area contributed by atoms with Gasteiger partial charge in [0.1, 0.15) is 5.75 Å². The summed E-state index contributed by atoms with van der Waals surface area (Å²) in [4.78, 5) is 26.5. The van der Waals surface area contributed by atoms with E-state index in [9.17, 15) is 4.79 Å². The van der Waals surface area contributed by atoms with Gasteiger partial charge >= 0.3 is 6.01 Å². The lowest BCUT2D eigenvalue weighted by Gasteiger charge is -2.28. The molecule has 35 heavy (non-hydrogen) atoms. The van der Waals surface area contributed by atoms with Gasteiger partial charge in [0.05, 0.1) is 29.4 Å². The van der Waals surface area contributed by atoms with Crippen LogP contribution in [0.4, 0.5) is 5.69 Å². The number of pyridine rings is 1. The molecule has 1 aliphatic rings. The van der Waals surface area contributed by atoms with Gasteiger partial charge in [-0.05, 0) is 42.8 Å². The number of hydrogen-bond acceptors (Lipinski definition) is 7. The number of aryl methyl sites for hydroxylation is 1. The first kappa shape index (κ1) is 22.7. The zero-order valence-electron chi connectivity index (χ0n) is 18.8. The standard InChI is InChI=1S/C25H21ClN6O3/c1-15-2-7-18(12-19(15)24(33)28-14-27)35-25-29-21-13-20(26)22(30-23(21)31-25)16-3-5-17(6-4-16)32-8-10-34-11-9-32/h2-7,12-13H,8-11H2,1H3,(H,28,33)(H,29,30,31). The van der Waals surface area contributed by atoms with E-state index in [2.05, 4.69) is 37.3 Å². The van der Waals surface area contributed by atoms with Crippen molar-refractivity contribution in [3.8, 4) is 29.2 Å². The van der Waals surface area contributed by atoms with Crippen LogP contribution in [0.3, 0.4) is 0 Å². The number of hydrogen-bond donors (Lipinski definition) is 2. The number of anilines is 1. The van der Waals surface area contributed by atoms with Crippen LogP contribution >= 0.6 is 11.6 Å². The van der Waals surface area contributed by atoms with Gasteiger partial charge in [-0.25, -0.2) is 4.98 Å². The molecule has 1 fully saturated rings. The summed E-state index contributed by atoms with van der Waals surface area (Å²) in [6, 6.07) is 15.1. The van der Waals surface area contributed by atoms with E-state index in [0.717, 1.165) is 37.6 Å². The number of nitrogens with one attached hydrogen (secondary N) is 2. The van der Waals surface area contributed by atoms with Gasteiger partial charge in [-0.1, -0.05) is 29.8 Å². The number of halogens is 1. The van der Waals surface area contributed by atoms with E-state index in [1.807, 2.05) is 12.1 Å². The average Bonchev–Trinajstić information content (AvgIpc) is 3.26. The molecule has 2 N–H and O–H groups in total. The average molecular weight is 489 g/mol. The fourth-order valence-electron chi connectivity index (χ4n) is 3.94. The van der Waals surface area contributed by atoms with Gasteiger partial charge in [0.25, 0.3) is 5.91 Å². The van der Waals surface area contributed by atoms with Crippen molar-refractivity contribution < 1.29 is 14.3 Å². The summed E-state index contributed by atoms with van der Waals surface area (Å²) < 4.78 is 11.3. The lowest BCUT2D eigenvalue weighted by molar-refractivity contribution is 0.0972. The number of nitrogens with zero attached hydrogens (tertiary/aromatic N) is 4. The number of carbonyl (C=O) groups is 1. The van der Waals surface area contributed by atoms with Crippen molar-refractivity contribution in [1.82, 2.24) is 20.3 Å². The molecule has 2 aromatic heterocycles. The molecule has 9 nitrogen and oxygen atoms in total. The van der Waals surface area contributed by atoms with Crippen LogP contribution in [0.2, 0.25) is 5.02 Å². The molecule has 0 radical (unpaired) electrons. The Morgan fingerprint density at radius 2 is 1.94 bits per heavy atom. The zero-order chi connectivity index (χ0) is 24.4. The smallest absolute Gasteiger partial charge is 0.301 e. The lowest BCUT2D eigenvalue weighted by Crippen LogP contribution is -2.36. The summed E-state index contributed by atoms with van der Waals surface area (Å²) in [5.74, 6) is -0.111. The van der Waals surface area contributed by atoms with Gasteiger partial charge in [-0.3, -0.25) is 10.1 Å². The number of aromatic amines is 1. The van der Waals surface area contributed by atoms with Gasteiger partial charge in [0.2, 0.25) is 0 Å². The van der Waals surface area contributed by atoms with Crippen molar-refractivity contribution in [2.45, 2.75) is 6.92 Å². The second-order valence-corrected chi connectivity index (χ2v) is 8.43. The third kappa shape index (κ3) is 4.75. The highest BCUT2D eigenvalue weighted by Gasteiger charge is 2.16. The number of ether oxygens (including phenoxy) is 2. The number of H-pyrrole nitrogens is 1. The molecule has 176 valence electrons. The Morgan fingerprint density at radius 3 is 2.69 bits per heavy atom. The SMILES string of the molecule is Cc1ccc(Oc2nc3nc(-c4ccc(N5CCOCC5)cc4)c(Cl)cc3[nH]2)cc1C(=O)NC#N. The summed E-state index contributed by atoms with van der Waals surface area (Å²) in [5.41, 5.74) is 4.75. The van der Waals surface area contributed by atoms with Crippen LogP contribution in [-0.2, 0) is 4.74 Å². The number of fused-ring (bicyclic) bond motifs is 1. The van der Waals surface area contributed by atoms with E-state index in [0.29, 0.717) is 38.8 Å². The third-order valence-corrected chi connectivity index (χ3v) is 6.05. The summed E-state index contributed by atoms with van der Waals surface area (Å²) in [6.07, 6.45) is 1.64. The summed E-state index contributed by atoms with van der Waals surface area (Å²) >= 11 is 6.55. The molecular weight excluding hydrogens is 468 g/mol. The van der Waals surface area contributed by atoms with Crippen LogP contribution in [0.1, 0.15) is 15.9 Å². The Balaban J connectivity index is 1.39. The minimum Gasteiger partial charge on any atom is -0.426 e. The second-order valence-electron chi connectivity index (χ2n) is 8.02. The van der Waals surface area contributed by atoms with Crippen LogP contribution in [0.5, 0.6) is 11.8 Å². The third-order valence-electron chi connectivity index (χ3n) is 5.76. The van der Waals surface area contributed by atoms with Gasteiger partial charge in [-0.2, -0.15) is 10.2 Å². The maximum atomic E-state index is 12.1. The van der Waals surface area contributed by atoms with E-state index in [4.69, 9.17) is 26.3 Å². The van der Waals surface area contributed by atoms with Gasteiger partial charge in [0.15, 0.2) is 11.8 Å². The van der Waals surface area contributed by atoms with Crippen molar-refractivity contribution >= 4 is 34.4 Å². The van der Waals surface area contributed by atoms with E-state index in [-0.39, 0.29) is 6.01 Å². The van der Waals surface area contributed by atoms with E-state index in [1.165, 1.54) is 0 Å². The second kappa shape index (κ2) is 9.62. The first-order chi connectivity index (χ1) is 17.0. The molecule has 3 heterocycles. The van der Waals surface area contributed by atoms with Crippen molar-refractivity contribution in [1.29, 1.82) is 5.26 Å². The van der Waals surface area contributed by atoms with Crippen LogP contribution in [-0.4, -0.2) is 47.2 Å². The van der Waals surface area contributed by atoms with Crippen molar-refractivity contribution in [2.75, 3.05) is 31.2 Å². The number of benzene rings is 2. The number of imidazole rings is 1. The van der Waals surface area contributed by atoms with Crippen molar-refractivity contribution in [2.24, 2.45) is 0 Å². The summed E-state index contributed by atoms with van der Waals surface area (Å²) in [7, 11) is 0. The fourth-order valence-corrected chi connectivity index (χ4v) is 4.20. The molecule has 0 spiro atoms. The normalized spacial score (nSPS) is 13.5. The summed E-state index contributed by atoms with van der Waals surface area (Å²) in [5, 5.41) is 11.3. The quantitative estimate of drug-likeness (QED) is 0.315. The van der Waals surface area contributed by atoms with Gasteiger partial charge < -0.3 is 19.4 Å². The Bertz CT molecular complexity index is 1440. The first-order valence-electron chi connectivity index (χ1n) is 11.0. The maximum absolute atomic E-state index is 12.1. The Kier molecular flexibility index (Phi) is 6.23. The molecule has 0 bridgehead atoms. The highest BCUT2D eigenvalue weighted by molar-refractivity contribution is 6.33. The number of rotatable bonds is 5. The first-order valence-corrected chi connectivity index (χ1v) is 11.4.